The van der Waals surface area contributed by atoms with E-state index < -0.39 is 12.0 Å². The SMILES string of the molecule is CN(C)c1nc(C(F)(F)F)nc2c1ncn2Cc1cccc(OCc2ccccc2)c1. The third kappa shape index (κ3) is 4.60. The van der Waals surface area contributed by atoms with Crippen LogP contribution in [0, 0.1) is 0 Å². The summed E-state index contributed by atoms with van der Waals surface area (Å²) < 4.78 is 47.4. The van der Waals surface area contributed by atoms with Gasteiger partial charge in [0.1, 0.15) is 12.4 Å². The Morgan fingerprint density at radius 1 is 0.968 bits per heavy atom. The van der Waals surface area contributed by atoms with Gasteiger partial charge in [-0.2, -0.15) is 13.2 Å². The Morgan fingerprint density at radius 2 is 1.71 bits per heavy atom. The fourth-order valence-electron chi connectivity index (χ4n) is 3.15. The van der Waals surface area contributed by atoms with Crippen molar-refractivity contribution in [1.82, 2.24) is 19.5 Å². The lowest BCUT2D eigenvalue weighted by Crippen LogP contribution is -2.18. The molecule has 2 aromatic carbocycles. The summed E-state index contributed by atoms with van der Waals surface area (Å²) in [6.45, 7) is 0.715. The first-order valence-corrected chi connectivity index (χ1v) is 9.54. The summed E-state index contributed by atoms with van der Waals surface area (Å²) in [6, 6.07) is 17.2. The van der Waals surface area contributed by atoms with Crippen molar-refractivity contribution in [3.8, 4) is 5.75 Å². The predicted octanol–water partition coefficient (Wildman–Crippen LogP) is 4.54. The van der Waals surface area contributed by atoms with E-state index >= 15 is 0 Å². The number of imidazole rings is 1. The molecule has 31 heavy (non-hydrogen) atoms. The van der Waals surface area contributed by atoms with Crippen LogP contribution in [0.3, 0.4) is 0 Å². The monoisotopic (exact) mass is 427 g/mol. The van der Waals surface area contributed by atoms with Gasteiger partial charge >= 0.3 is 6.18 Å². The molecular formula is C22H20F3N5O. The first-order chi connectivity index (χ1) is 14.8. The fraction of sp³-hybridized carbons (Fsp3) is 0.227. The van der Waals surface area contributed by atoms with E-state index in [0.717, 1.165) is 11.1 Å². The van der Waals surface area contributed by atoms with Crippen molar-refractivity contribution < 1.29 is 17.9 Å². The van der Waals surface area contributed by atoms with Crippen LogP contribution in [0.4, 0.5) is 19.0 Å². The Hall–Kier alpha value is -3.62. The summed E-state index contributed by atoms with van der Waals surface area (Å²) in [5.74, 6) is -0.397. The number of halogens is 3. The van der Waals surface area contributed by atoms with E-state index in [9.17, 15) is 13.2 Å². The van der Waals surface area contributed by atoms with Crippen LogP contribution in [-0.2, 0) is 19.3 Å². The zero-order valence-corrected chi connectivity index (χ0v) is 17.0. The summed E-state index contributed by atoms with van der Waals surface area (Å²) in [5.41, 5.74) is 2.33. The topological polar surface area (TPSA) is 56.1 Å². The standard InChI is InChI=1S/C22H20F3N5O/c1-29(2)19-18-20(28-21(27-19)22(23,24)25)30(14-26-18)12-16-9-6-10-17(11-16)31-13-15-7-4-3-5-8-15/h3-11,14H,12-13H2,1-2H3. The molecule has 0 radical (unpaired) electrons. The molecule has 0 fully saturated rings. The molecule has 0 N–H and O–H groups in total. The summed E-state index contributed by atoms with van der Waals surface area (Å²) in [6.07, 6.45) is -3.18. The quantitative estimate of drug-likeness (QED) is 0.452. The lowest BCUT2D eigenvalue weighted by atomic mass is 10.2. The molecule has 0 aliphatic heterocycles. The molecule has 4 rings (SSSR count). The van der Waals surface area contributed by atoms with Crippen molar-refractivity contribution in [2.45, 2.75) is 19.3 Å². The zero-order valence-electron chi connectivity index (χ0n) is 17.0. The third-order valence-corrected chi connectivity index (χ3v) is 4.62. The van der Waals surface area contributed by atoms with Gasteiger partial charge < -0.3 is 14.2 Å². The number of fused-ring (bicyclic) bond motifs is 1. The highest BCUT2D eigenvalue weighted by atomic mass is 19.4. The van der Waals surface area contributed by atoms with Crippen molar-refractivity contribution in [2.75, 3.05) is 19.0 Å². The van der Waals surface area contributed by atoms with Gasteiger partial charge in [0.15, 0.2) is 17.0 Å². The van der Waals surface area contributed by atoms with Gasteiger partial charge in [-0.3, -0.25) is 0 Å². The molecule has 0 saturated carbocycles. The highest BCUT2D eigenvalue weighted by Gasteiger charge is 2.36. The Labute approximate surface area is 177 Å². The van der Waals surface area contributed by atoms with E-state index in [1.165, 1.54) is 11.2 Å². The van der Waals surface area contributed by atoms with Gasteiger partial charge in [0.25, 0.3) is 0 Å². The molecule has 4 aromatic rings. The van der Waals surface area contributed by atoms with Gasteiger partial charge in [-0.25, -0.2) is 15.0 Å². The van der Waals surface area contributed by atoms with Crippen molar-refractivity contribution in [3.05, 3.63) is 77.9 Å². The van der Waals surface area contributed by atoms with Gasteiger partial charge in [0, 0.05) is 14.1 Å². The maximum Gasteiger partial charge on any atom is 0.451 e. The van der Waals surface area contributed by atoms with E-state index in [-0.39, 0.29) is 11.5 Å². The number of nitrogens with zero attached hydrogens (tertiary/aromatic N) is 5. The average Bonchev–Trinajstić information content (AvgIpc) is 3.14. The number of alkyl halides is 3. The van der Waals surface area contributed by atoms with Crippen molar-refractivity contribution in [2.24, 2.45) is 0 Å². The maximum atomic E-state index is 13.3. The molecule has 0 aliphatic rings. The second-order valence-corrected chi connectivity index (χ2v) is 7.23. The van der Waals surface area contributed by atoms with Crippen LogP contribution in [0.25, 0.3) is 11.2 Å². The van der Waals surface area contributed by atoms with E-state index in [4.69, 9.17) is 4.74 Å². The molecule has 6 nitrogen and oxygen atoms in total. The van der Waals surface area contributed by atoms with Crippen LogP contribution in [0.5, 0.6) is 5.75 Å². The maximum absolute atomic E-state index is 13.3. The Kier molecular flexibility index (Phi) is 5.50. The molecule has 0 amide bonds. The molecule has 0 atom stereocenters. The molecule has 0 aliphatic carbocycles. The molecule has 160 valence electrons. The van der Waals surface area contributed by atoms with Gasteiger partial charge in [0.05, 0.1) is 12.9 Å². The smallest absolute Gasteiger partial charge is 0.451 e. The minimum absolute atomic E-state index is 0.121. The van der Waals surface area contributed by atoms with Crippen LogP contribution in [0.15, 0.2) is 60.9 Å². The molecule has 0 unspecified atom stereocenters. The second-order valence-electron chi connectivity index (χ2n) is 7.23. The zero-order chi connectivity index (χ0) is 22.0. The minimum atomic E-state index is -4.65. The van der Waals surface area contributed by atoms with Gasteiger partial charge in [-0.1, -0.05) is 42.5 Å². The van der Waals surface area contributed by atoms with E-state index in [2.05, 4.69) is 15.0 Å². The van der Waals surface area contributed by atoms with Crippen LogP contribution in [-0.4, -0.2) is 33.6 Å². The van der Waals surface area contributed by atoms with Gasteiger partial charge in [-0.05, 0) is 23.3 Å². The number of hydrogen-bond donors (Lipinski definition) is 0. The van der Waals surface area contributed by atoms with Crippen LogP contribution in [0.2, 0.25) is 0 Å². The number of ether oxygens (including phenoxy) is 1. The van der Waals surface area contributed by atoms with Crippen LogP contribution in [0.1, 0.15) is 17.0 Å². The lowest BCUT2D eigenvalue weighted by molar-refractivity contribution is -0.144. The predicted molar refractivity (Wildman–Crippen MR) is 111 cm³/mol. The third-order valence-electron chi connectivity index (χ3n) is 4.62. The first kappa shape index (κ1) is 20.6. The summed E-state index contributed by atoms with van der Waals surface area (Å²) in [4.78, 5) is 13.2. The summed E-state index contributed by atoms with van der Waals surface area (Å²) in [7, 11) is 3.24. The average molecular weight is 427 g/mol. The van der Waals surface area contributed by atoms with Crippen molar-refractivity contribution >= 4 is 17.0 Å². The molecule has 0 bridgehead atoms. The van der Waals surface area contributed by atoms with Gasteiger partial charge in [0.2, 0.25) is 5.82 Å². The van der Waals surface area contributed by atoms with E-state index in [1.807, 2.05) is 54.6 Å². The van der Waals surface area contributed by atoms with Crippen LogP contribution < -0.4 is 9.64 Å². The Morgan fingerprint density at radius 3 is 2.42 bits per heavy atom. The van der Waals surface area contributed by atoms with E-state index in [1.54, 1.807) is 18.7 Å². The number of rotatable bonds is 6. The van der Waals surface area contributed by atoms with Crippen molar-refractivity contribution in [1.29, 1.82) is 0 Å². The first-order valence-electron chi connectivity index (χ1n) is 9.54. The number of aromatic nitrogens is 4. The molecule has 0 saturated heterocycles. The highest BCUT2D eigenvalue weighted by Crippen LogP contribution is 2.31. The lowest BCUT2D eigenvalue weighted by Gasteiger charge is -2.14. The fourth-order valence-corrected chi connectivity index (χ4v) is 3.15. The summed E-state index contributed by atoms with van der Waals surface area (Å²) >= 11 is 0. The number of anilines is 1. The summed E-state index contributed by atoms with van der Waals surface area (Å²) in [5, 5.41) is 0. The molecular weight excluding hydrogens is 407 g/mol. The minimum Gasteiger partial charge on any atom is -0.489 e. The number of benzene rings is 2. The molecule has 2 aromatic heterocycles. The van der Waals surface area contributed by atoms with Gasteiger partial charge in [-0.15, -0.1) is 0 Å². The molecule has 9 heteroatoms. The van der Waals surface area contributed by atoms with Crippen LogP contribution >= 0.6 is 0 Å². The molecule has 2 heterocycles. The highest BCUT2D eigenvalue weighted by molar-refractivity contribution is 5.83. The normalized spacial score (nSPS) is 11.6. The second kappa shape index (κ2) is 8.25. The Bertz CT molecular complexity index is 1190. The van der Waals surface area contributed by atoms with Crippen molar-refractivity contribution in [3.63, 3.8) is 0 Å². The number of hydrogen-bond acceptors (Lipinski definition) is 5. The molecule has 0 spiro atoms. The van der Waals surface area contributed by atoms with E-state index in [0.29, 0.717) is 24.4 Å². The largest absolute Gasteiger partial charge is 0.489 e. The Balaban J connectivity index is 1.62.